The molecular weight excluding hydrogens is 563 g/mol. The van der Waals surface area contributed by atoms with E-state index in [1.54, 1.807) is 0 Å². The summed E-state index contributed by atoms with van der Waals surface area (Å²) in [5, 5.41) is 0. The maximum Gasteiger partial charge on any atom is 0.253 e. The zero-order valence-electron chi connectivity index (χ0n) is 16.6. The number of ketones is 1. The summed E-state index contributed by atoms with van der Waals surface area (Å²) in [6, 6.07) is 4.15. The van der Waals surface area contributed by atoms with Crippen LogP contribution in [0.4, 0.5) is 0 Å². The molecule has 0 aliphatic carbocycles. The third-order valence-electron chi connectivity index (χ3n) is 4.73. The van der Waals surface area contributed by atoms with Crippen LogP contribution in [0.1, 0.15) is 58.2 Å². The van der Waals surface area contributed by atoms with Crippen molar-refractivity contribution in [2.75, 3.05) is 0 Å². The molecule has 1 unspecified atom stereocenters. The molecule has 0 aromatic heterocycles. The van der Waals surface area contributed by atoms with Crippen molar-refractivity contribution in [3.63, 3.8) is 0 Å². The fourth-order valence-electron chi connectivity index (χ4n) is 3.33. The smallest absolute Gasteiger partial charge is 0.253 e. The minimum atomic E-state index is -1.65. The Kier molecular flexibility index (Phi) is 9.25. The van der Waals surface area contributed by atoms with Crippen LogP contribution >= 0.6 is 0 Å². The number of Topliss-reactive ketones (excluding diaryl/α,β-unsaturated/α-hetero) is 1. The van der Waals surface area contributed by atoms with E-state index in [-0.39, 0.29) is 50.7 Å². The number of carbonyl (C=O) groups excluding carboxylic acids is 3. The molecular formula is C21H28BNO3U. The summed E-state index contributed by atoms with van der Waals surface area (Å²) in [7, 11) is 6.06. The summed E-state index contributed by atoms with van der Waals surface area (Å²) < 4.78 is 7.42. The number of aryl methyl sites for hydroxylation is 3. The predicted molar refractivity (Wildman–Crippen MR) is 105 cm³/mol. The summed E-state index contributed by atoms with van der Waals surface area (Å²) in [5.74, 6) is -1.47. The second-order valence-corrected chi connectivity index (χ2v) is 6.57. The molecule has 4 nitrogen and oxygen atoms in total. The molecule has 0 spiro atoms. The second-order valence-electron chi connectivity index (χ2n) is 6.57. The van der Waals surface area contributed by atoms with Gasteiger partial charge in [0.1, 0.15) is 13.6 Å². The van der Waals surface area contributed by atoms with Crippen molar-refractivity contribution in [2.45, 2.75) is 66.2 Å². The van der Waals surface area contributed by atoms with Crippen molar-refractivity contribution in [1.82, 2.24) is 4.90 Å². The third-order valence-corrected chi connectivity index (χ3v) is 4.73. The topological polar surface area (TPSA) is 54.5 Å². The van der Waals surface area contributed by atoms with Crippen LogP contribution in [-0.2, 0) is 33.6 Å². The first-order valence-corrected chi connectivity index (χ1v) is 8.51. The Balaban J connectivity index is 0.00000364. The summed E-state index contributed by atoms with van der Waals surface area (Å²) in [6.45, 7) is 5.83. The van der Waals surface area contributed by atoms with Gasteiger partial charge in [0, 0.05) is 51.1 Å². The van der Waals surface area contributed by atoms with Gasteiger partial charge >= 0.3 is 0 Å². The molecule has 142 valence electrons. The van der Waals surface area contributed by atoms with Crippen molar-refractivity contribution < 1.29 is 46.9 Å². The molecule has 2 rings (SSSR count). The zero-order valence-corrected chi connectivity index (χ0v) is 19.8. The van der Waals surface area contributed by atoms with Gasteiger partial charge in [0.15, 0.2) is 0 Å². The number of hydrogen-bond donors (Lipinski definition) is 0. The van der Waals surface area contributed by atoms with E-state index in [1.165, 1.54) is 12.5 Å². The van der Waals surface area contributed by atoms with E-state index in [1.807, 2.05) is 6.92 Å². The van der Waals surface area contributed by atoms with Crippen molar-refractivity contribution in [2.24, 2.45) is 0 Å². The van der Waals surface area contributed by atoms with Crippen LogP contribution in [0.15, 0.2) is 24.3 Å². The Morgan fingerprint density at radius 3 is 2.33 bits per heavy atom. The summed E-state index contributed by atoms with van der Waals surface area (Å²) in [4.78, 5) is 37.2. The van der Waals surface area contributed by atoms with Gasteiger partial charge in [-0.3, -0.25) is 19.3 Å². The molecule has 1 atom stereocenters. The molecule has 0 saturated carbocycles. The number of imide groups is 1. The van der Waals surface area contributed by atoms with Gasteiger partial charge in [0.25, 0.3) is 11.8 Å². The van der Waals surface area contributed by atoms with Crippen LogP contribution in [-0.4, -0.2) is 35.8 Å². The van der Waals surface area contributed by atoms with Gasteiger partial charge in [-0.1, -0.05) is 33.4 Å². The minimum absolute atomic E-state index is 0. The van der Waals surface area contributed by atoms with Crippen LogP contribution in [0.2, 0.25) is 0 Å². The number of amides is 2. The zero-order chi connectivity index (χ0) is 19.5. The Morgan fingerprint density at radius 1 is 1.22 bits per heavy atom. The maximum atomic E-state index is 12.7. The summed E-state index contributed by atoms with van der Waals surface area (Å²) >= 11 is 0. The molecule has 2 radical (unpaired) electrons. The normalized spacial score (nSPS) is 15.7. The van der Waals surface area contributed by atoms with E-state index >= 15 is 0 Å². The molecule has 0 saturated heterocycles. The quantitative estimate of drug-likeness (QED) is 0.362. The van der Waals surface area contributed by atoms with Gasteiger partial charge in [0.2, 0.25) is 0 Å². The molecule has 0 N–H and O–H groups in total. The largest absolute Gasteiger partial charge is 0.298 e. The Bertz CT molecular complexity index is 759. The first kappa shape index (κ1) is 23.9. The van der Waals surface area contributed by atoms with Crippen LogP contribution < -0.4 is 0 Å². The van der Waals surface area contributed by atoms with Gasteiger partial charge in [-0.05, 0) is 55.4 Å². The van der Waals surface area contributed by atoms with Gasteiger partial charge in [-0.2, -0.15) is 0 Å². The van der Waals surface area contributed by atoms with Crippen LogP contribution in [0.5, 0.6) is 0 Å². The van der Waals surface area contributed by atoms with E-state index in [0.29, 0.717) is 19.7 Å². The van der Waals surface area contributed by atoms with E-state index < -0.39 is 17.3 Å². The Hall–Kier alpha value is -1.11. The van der Waals surface area contributed by atoms with Gasteiger partial charge in [0.05, 0.1) is 5.44 Å². The first-order valence-electron chi connectivity index (χ1n) is 9.22. The average molecular weight is 592 g/mol. The van der Waals surface area contributed by atoms with Crippen LogP contribution in [0, 0.1) is 38.0 Å². The SMILES string of the molecule is C.[2H]CCc1cc(C)c(CC)c(CCC(=O)C([B])(C)N2C(=O)C=CC2=O)c1.[U]. The standard InChI is InChI=1S/C20H24BNO3.CH4.U/c1-5-14-11-13(3)16(6-2)15(12-14)7-8-17(23)20(4,21)22-18(24)9-10-19(22)25;;/h9-12H,5-8H2,1-4H3;1H4;/i1D;;. The maximum absolute atomic E-state index is 12.7. The number of carbonyl (C=O) groups is 3. The molecule has 1 aromatic rings. The predicted octanol–water partition coefficient (Wildman–Crippen LogP) is 3.07. The van der Waals surface area contributed by atoms with E-state index in [2.05, 4.69) is 19.1 Å². The number of benzene rings is 1. The molecule has 1 heterocycles. The van der Waals surface area contributed by atoms with Gasteiger partial charge < -0.3 is 0 Å². The average Bonchev–Trinajstić information content (AvgIpc) is 2.91. The molecule has 1 aliphatic rings. The molecule has 6 heteroatoms. The van der Waals surface area contributed by atoms with Crippen molar-refractivity contribution in [1.29, 1.82) is 0 Å². The molecule has 27 heavy (non-hydrogen) atoms. The van der Waals surface area contributed by atoms with Crippen molar-refractivity contribution in [3.8, 4) is 0 Å². The van der Waals surface area contributed by atoms with E-state index in [9.17, 15) is 14.4 Å². The van der Waals surface area contributed by atoms with Gasteiger partial charge in [-0.15, -0.1) is 0 Å². The molecule has 2 amide bonds. The molecule has 1 aliphatic heterocycles. The molecule has 1 aromatic carbocycles. The number of nitrogens with zero attached hydrogens (tertiary/aromatic N) is 1. The third kappa shape index (κ3) is 5.45. The number of hydrogen-bond acceptors (Lipinski definition) is 3. The monoisotopic (exact) mass is 592 g/mol. The molecule has 0 bridgehead atoms. The molecule has 0 fully saturated rings. The Morgan fingerprint density at radius 2 is 1.81 bits per heavy atom. The van der Waals surface area contributed by atoms with E-state index in [4.69, 9.17) is 9.22 Å². The van der Waals surface area contributed by atoms with Crippen LogP contribution in [0.25, 0.3) is 0 Å². The van der Waals surface area contributed by atoms with Crippen molar-refractivity contribution >= 4 is 25.4 Å². The summed E-state index contributed by atoms with van der Waals surface area (Å²) in [5.41, 5.74) is 2.85. The minimum Gasteiger partial charge on any atom is -0.298 e. The number of rotatable bonds is 7. The fourth-order valence-corrected chi connectivity index (χ4v) is 3.33. The Labute approximate surface area is 189 Å². The summed E-state index contributed by atoms with van der Waals surface area (Å²) in [6.07, 6.45) is 4.41. The fraction of sp³-hybridized carbons (Fsp3) is 0.476. The van der Waals surface area contributed by atoms with Crippen molar-refractivity contribution in [3.05, 3.63) is 46.5 Å². The van der Waals surface area contributed by atoms with Gasteiger partial charge in [-0.25, -0.2) is 0 Å². The van der Waals surface area contributed by atoms with Crippen LogP contribution in [0.3, 0.4) is 0 Å². The first-order chi connectivity index (χ1) is 12.2. The second kappa shape index (κ2) is 10.4. The van der Waals surface area contributed by atoms with E-state index in [0.717, 1.165) is 40.2 Å².